The van der Waals surface area contributed by atoms with Gasteiger partial charge in [0.2, 0.25) is 0 Å². The van der Waals surface area contributed by atoms with E-state index in [2.05, 4.69) is 75.4 Å². The van der Waals surface area contributed by atoms with Crippen molar-refractivity contribution in [3.05, 3.63) is 65.3 Å². The summed E-state index contributed by atoms with van der Waals surface area (Å²) in [6.45, 7) is 6.66. The first kappa shape index (κ1) is 16.8. The molecule has 3 rings (SSSR count). The second-order valence-electron chi connectivity index (χ2n) is 6.89. The summed E-state index contributed by atoms with van der Waals surface area (Å²) in [4.78, 5) is 0. The summed E-state index contributed by atoms with van der Waals surface area (Å²) >= 11 is -4.19. The van der Waals surface area contributed by atoms with Crippen LogP contribution in [0.5, 0.6) is 0 Å². The summed E-state index contributed by atoms with van der Waals surface area (Å²) in [6, 6.07) is 6.48. The van der Waals surface area contributed by atoms with Gasteiger partial charge in [0, 0.05) is 0 Å². The van der Waals surface area contributed by atoms with Crippen LogP contribution in [-0.4, -0.2) is 0 Å². The molecule has 3 heteroatoms. The zero-order chi connectivity index (χ0) is 16.0. The summed E-state index contributed by atoms with van der Waals surface area (Å²) < 4.78 is 0.938. The third-order valence-electron chi connectivity index (χ3n) is 5.59. The van der Waals surface area contributed by atoms with E-state index in [4.69, 9.17) is 17.0 Å². The van der Waals surface area contributed by atoms with E-state index in [0.717, 1.165) is 10.5 Å². The number of fused-ring (bicyclic) bond motifs is 1. The Labute approximate surface area is 142 Å². The molecule has 0 bridgehead atoms. The second kappa shape index (κ2) is 5.47. The molecular formula is C19H23Cl2Zr. The number of aryl methyl sites for hydroxylation is 1. The number of allylic oxidation sites excluding steroid dienone is 5. The van der Waals surface area contributed by atoms with Gasteiger partial charge >= 0.3 is 143 Å². The van der Waals surface area contributed by atoms with E-state index in [9.17, 15) is 0 Å². The minimum absolute atomic E-state index is 0.213. The van der Waals surface area contributed by atoms with Crippen molar-refractivity contribution >= 4 is 23.1 Å². The fourth-order valence-electron chi connectivity index (χ4n) is 4.34. The van der Waals surface area contributed by atoms with Crippen LogP contribution in [0.3, 0.4) is 0 Å². The van der Waals surface area contributed by atoms with Crippen molar-refractivity contribution in [2.75, 3.05) is 0 Å². The number of halogens is 2. The molecule has 0 nitrogen and oxygen atoms in total. The molecule has 0 N–H and O–H groups in total. The van der Waals surface area contributed by atoms with E-state index >= 15 is 0 Å². The van der Waals surface area contributed by atoms with Crippen LogP contribution in [0.2, 0.25) is 7.75 Å². The molecule has 1 unspecified atom stereocenters. The molecule has 1 atom stereocenters. The molecule has 1 aromatic rings. The number of hydrogen-bond acceptors (Lipinski definition) is 0. The SMILES string of the molecule is CC[CH2][Zr]([Cl])([Cl])([CH]1C=CC=C1)[C]1(C)C=Cc2cccc(C)c21. The number of hydrogen-bond donors (Lipinski definition) is 0. The van der Waals surface area contributed by atoms with Crippen molar-refractivity contribution < 1.29 is 16.4 Å². The van der Waals surface area contributed by atoms with Crippen molar-refractivity contribution in [1.29, 1.82) is 0 Å². The Balaban J connectivity index is 2.26. The molecule has 117 valence electrons. The predicted octanol–water partition coefficient (Wildman–Crippen LogP) is 6.98. The van der Waals surface area contributed by atoms with Gasteiger partial charge in [-0.05, 0) is 0 Å². The van der Waals surface area contributed by atoms with E-state index in [0.29, 0.717) is 0 Å². The van der Waals surface area contributed by atoms with Gasteiger partial charge in [-0.2, -0.15) is 0 Å². The topological polar surface area (TPSA) is 0 Å². The van der Waals surface area contributed by atoms with Gasteiger partial charge < -0.3 is 0 Å². The second-order valence-corrected chi connectivity index (χ2v) is 29.9. The van der Waals surface area contributed by atoms with Crippen LogP contribution in [0.1, 0.15) is 37.0 Å². The summed E-state index contributed by atoms with van der Waals surface area (Å²) in [5.74, 6) is 0. The molecule has 0 fully saturated rings. The molecule has 0 heterocycles. The summed E-state index contributed by atoms with van der Waals surface area (Å²) in [5, 5.41) is 0. The van der Waals surface area contributed by atoms with Crippen LogP contribution in [0.4, 0.5) is 0 Å². The van der Waals surface area contributed by atoms with Gasteiger partial charge in [-0.1, -0.05) is 0 Å². The van der Waals surface area contributed by atoms with Gasteiger partial charge in [0.25, 0.3) is 0 Å². The van der Waals surface area contributed by atoms with Crippen molar-refractivity contribution in [1.82, 2.24) is 0 Å². The van der Waals surface area contributed by atoms with Crippen LogP contribution in [-0.2, 0) is 19.5 Å². The quantitative estimate of drug-likeness (QED) is 0.500. The molecule has 0 aromatic heterocycles. The Morgan fingerprint density at radius 1 is 1.18 bits per heavy atom. The molecule has 0 aliphatic heterocycles. The fraction of sp³-hybridized carbons (Fsp3) is 0.368. The Morgan fingerprint density at radius 2 is 1.86 bits per heavy atom. The normalized spacial score (nSPS) is 25.4. The van der Waals surface area contributed by atoms with E-state index in [1.165, 1.54) is 16.7 Å². The predicted molar refractivity (Wildman–Crippen MR) is 96.4 cm³/mol. The molecule has 0 spiro atoms. The summed E-state index contributed by atoms with van der Waals surface area (Å²) in [7, 11) is 15.1. The van der Waals surface area contributed by atoms with Crippen molar-refractivity contribution in [3.8, 4) is 0 Å². The molecule has 22 heavy (non-hydrogen) atoms. The molecule has 0 radical (unpaired) electrons. The van der Waals surface area contributed by atoms with E-state index < -0.39 is 16.4 Å². The molecule has 2 aliphatic carbocycles. The van der Waals surface area contributed by atoms with E-state index in [1.54, 1.807) is 0 Å². The van der Waals surface area contributed by atoms with Crippen molar-refractivity contribution in [2.24, 2.45) is 0 Å². The van der Waals surface area contributed by atoms with Gasteiger partial charge in [-0.25, -0.2) is 0 Å². The first-order valence-corrected chi connectivity index (χ1v) is 18.8. The third-order valence-corrected chi connectivity index (χ3v) is 29.3. The van der Waals surface area contributed by atoms with Gasteiger partial charge in [0.15, 0.2) is 0 Å². The first-order chi connectivity index (χ1) is 10.3. The fourth-order valence-corrected chi connectivity index (χ4v) is 21.8. The zero-order valence-corrected chi connectivity index (χ0v) is 17.4. The van der Waals surface area contributed by atoms with E-state index in [1.807, 2.05) is 0 Å². The zero-order valence-electron chi connectivity index (χ0n) is 13.4. The van der Waals surface area contributed by atoms with Crippen LogP contribution < -0.4 is 0 Å². The molecule has 0 amide bonds. The van der Waals surface area contributed by atoms with Crippen LogP contribution >= 0.6 is 17.0 Å². The van der Waals surface area contributed by atoms with Crippen LogP contribution in [0.25, 0.3) is 6.08 Å². The average molecular weight is 414 g/mol. The maximum atomic E-state index is 7.57. The molecule has 0 saturated carbocycles. The van der Waals surface area contributed by atoms with Gasteiger partial charge in [0.1, 0.15) is 0 Å². The van der Waals surface area contributed by atoms with Crippen LogP contribution in [0.15, 0.2) is 48.6 Å². The van der Waals surface area contributed by atoms with Gasteiger partial charge in [-0.15, -0.1) is 0 Å². The maximum absolute atomic E-state index is 7.57. The van der Waals surface area contributed by atoms with E-state index in [-0.39, 0.29) is 6.75 Å². The van der Waals surface area contributed by atoms with Crippen LogP contribution in [0, 0.1) is 6.92 Å². The Bertz CT molecular complexity index is 687. The van der Waals surface area contributed by atoms with Gasteiger partial charge in [-0.3, -0.25) is 0 Å². The summed E-state index contributed by atoms with van der Waals surface area (Å²) in [5.41, 5.74) is 3.94. The number of rotatable bonds is 4. The summed E-state index contributed by atoms with van der Waals surface area (Å²) in [6.07, 6.45) is 14.2. The minimum atomic E-state index is -4.19. The standard InChI is InChI=1S/C11H11.C5H5.C3H7.2ClH.Zr/c1-8-4-3-5-10-7-6-9(2)11(8)10;1-2-4-5-3-1;1-3-2;;;/h3-7H,1-2H3;1-5H;1,3H2,2H3;2*1H;/q;;;;;+2/p-2. The molecule has 0 saturated heterocycles. The number of benzene rings is 1. The molecule has 2 aliphatic rings. The Kier molecular flexibility index (Phi) is 4.17. The molecule has 1 aromatic carbocycles. The first-order valence-electron chi connectivity index (χ1n) is 8.05. The monoisotopic (exact) mass is 411 g/mol. The third kappa shape index (κ3) is 2.12. The Morgan fingerprint density at radius 3 is 2.50 bits per heavy atom. The van der Waals surface area contributed by atoms with Crippen molar-refractivity contribution in [3.63, 3.8) is 0 Å². The average Bonchev–Trinajstić information content (AvgIpc) is 3.09. The van der Waals surface area contributed by atoms with Crippen molar-refractivity contribution in [2.45, 2.75) is 38.1 Å². The molecular weight excluding hydrogens is 390 g/mol. The Hall–Kier alpha value is -0.0969. The van der Waals surface area contributed by atoms with Gasteiger partial charge in [0.05, 0.1) is 0 Å².